The van der Waals surface area contributed by atoms with E-state index < -0.39 is 5.97 Å². The summed E-state index contributed by atoms with van der Waals surface area (Å²) in [6.45, 7) is 7.31. The van der Waals surface area contributed by atoms with Gasteiger partial charge in [0.1, 0.15) is 12.4 Å². The Morgan fingerprint density at radius 3 is 2.19 bits per heavy atom. The number of rotatable bonds is 7. The van der Waals surface area contributed by atoms with Crippen LogP contribution in [0.1, 0.15) is 76.3 Å². The summed E-state index contributed by atoms with van der Waals surface area (Å²) in [6, 6.07) is 5.06. The molecule has 3 rings (SSSR count). The first-order chi connectivity index (χ1) is 14.9. The van der Waals surface area contributed by atoms with Crippen molar-refractivity contribution in [2.45, 2.75) is 78.4 Å². The number of ether oxygens (including phenoxy) is 2. The number of carbonyl (C=O) groups is 2. The fourth-order valence-electron chi connectivity index (χ4n) is 5.00. The molecular weight excluding hydrogens is 392 g/mol. The Hall–Kier alpha value is -2.14. The van der Waals surface area contributed by atoms with Crippen molar-refractivity contribution in [2.24, 2.45) is 23.7 Å². The van der Waals surface area contributed by atoms with E-state index in [0.717, 1.165) is 43.4 Å². The maximum atomic E-state index is 12.7. The molecule has 0 bridgehead atoms. The molecule has 0 spiro atoms. The minimum atomic E-state index is -0.474. The molecule has 1 aromatic carbocycles. The molecule has 1 aromatic rings. The molecule has 1 N–H and O–H groups in total. The number of esters is 2. The van der Waals surface area contributed by atoms with Gasteiger partial charge in [0.25, 0.3) is 0 Å². The van der Waals surface area contributed by atoms with Crippen LogP contribution in [-0.2, 0) is 27.5 Å². The van der Waals surface area contributed by atoms with Crippen LogP contribution in [0.3, 0.4) is 0 Å². The fraction of sp³-hybridized carbons (Fsp3) is 0.615. The van der Waals surface area contributed by atoms with Gasteiger partial charge in [-0.25, -0.2) is 4.79 Å². The third-order valence-electron chi connectivity index (χ3n) is 7.11. The highest BCUT2D eigenvalue weighted by Crippen LogP contribution is 2.41. The molecular formula is C26H36O5. The zero-order valence-corrected chi connectivity index (χ0v) is 18.9. The standard InChI is InChI=1S/C26H36O5/c1-17(2)25(28)30-16-22-12-13-24(14-23(22)15-27)31-26(29)21-10-8-20(9-11-21)19-6-4-18(3)5-7-19/h12-14,18-21,27H,1,4-11,15-16H2,2-3H3. The van der Waals surface area contributed by atoms with Crippen molar-refractivity contribution in [3.8, 4) is 5.75 Å². The summed E-state index contributed by atoms with van der Waals surface area (Å²) in [6.07, 6.45) is 9.43. The topological polar surface area (TPSA) is 72.8 Å². The van der Waals surface area contributed by atoms with Crippen molar-refractivity contribution >= 4 is 11.9 Å². The van der Waals surface area contributed by atoms with Gasteiger partial charge in [-0.3, -0.25) is 4.79 Å². The first-order valence-electron chi connectivity index (χ1n) is 11.6. The Labute approximate surface area is 185 Å². The van der Waals surface area contributed by atoms with Crippen LogP contribution >= 0.6 is 0 Å². The lowest BCUT2D eigenvalue weighted by atomic mass is 9.69. The maximum Gasteiger partial charge on any atom is 0.333 e. The van der Waals surface area contributed by atoms with Crippen LogP contribution in [0.2, 0.25) is 0 Å². The zero-order chi connectivity index (χ0) is 22.4. The van der Waals surface area contributed by atoms with E-state index in [-0.39, 0.29) is 25.1 Å². The van der Waals surface area contributed by atoms with Crippen molar-refractivity contribution < 1.29 is 24.2 Å². The third-order valence-corrected chi connectivity index (χ3v) is 7.11. The van der Waals surface area contributed by atoms with Crippen molar-refractivity contribution in [1.29, 1.82) is 0 Å². The Kier molecular flexibility index (Phi) is 8.30. The number of benzene rings is 1. The average Bonchev–Trinajstić information content (AvgIpc) is 2.78. The summed E-state index contributed by atoms with van der Waals surface area (Å²) in [5.41, 5.74) is 1.58. The van der Waals surface area contributed by atoms with Crippen LogP contribution in [-0.4, -0.2) is 17.0 Å². The minimum Gasteiger partial charge on any atom is -0.457 e. The molecule has 0 aliphatic heterocycles. The normalized spacial score (nSPS) is 26.2. The number of carbonyl (C=O) groups excluding carboxylic acids is 2. The van der Waals surface area contributed by atoms with Gasteiger partial charge in [0, 0.05) is 5.57 Å². The number of aliphatic hydroxyl groups excluding tert-OH is 1. The smallest absolute Gasteiger partial charge is 0.333 e. The van der Waals surface area contributed by atoms with E-state index in [2.05, 4.69) is 13.5 Å². The van der Waals surface area contributed by atoms with Crippen molar-refractivity contribution in [3.05, 3.63) is 41.5 Å². The molecule has 170 valence electrons. The predicted octanol–water partition coefficient (Wildman–Crippen LogP) is 5.34. The molecule has 2 aliphatic rings. The molecule has 2 saturated carbocycles. The maximum absolute atomic E-state index is 12.7. The predicted molar refractivity (Wildman–Crippen MR) is 119 cm³/mol. The largest absolute Gasteiger partial charge is 0.457 e. The van der Waals surface area contributed by atoms with E-state index >= 15 is 0 Å². The zero-order valence-electron chi connectivity index (χ0n) is 18.9. The molecule has 0 aromatic heterocycles. The molecule has 0 atom stereocenters. The number of hydrogen-bond acceptors (Lipinski definition) is 5. The van der Waals surface area contributed by atoms with Crippen molar-refractivity contribution in [1.82, 2.24) is 0 Å². The summed E-state index contributed by atoms with van der Waals surface area (Å²) in [4.78, 5) is 24.3. The molecule has 2 fully saturated rings. The second-order valence-electron chi connectivity index (χ2n) is 9.50. The summed E-state index contributed by atoms with van der Waals surface area (Å²) < 4.78 is 10.8. The highest BCUT2D eigenvalue weighted by Gasteiger charge is 2.33. The molecule has 2 aliphatic carbocycles. The highest BCUT2D eigenvalue weighted by molar-refractivity contribution is 5.86. The van der Waals surface area contributed by atoms with Crippen molar-refractivity contribution in [2.75, 3.05) is 0 Å². The van der Waals surface area contributed by atoms with E-state index in [1.54, 1.807) is 25.1 Å². The molecule has 0 heterocycles. The van der Waals surface area contributed by atoms with Crippen LogP contribution in [0.15, 0.2) is 30.4 Å². The first-order valence-corrected chi connectivity index (χ1v) is 11.6. The Bertz CT molecular complexity index is 783. The quantitative estimate of drug-likeness (QED) is 0.361. The van der Waals surface area contributed by atoms with Gasteiger partial charge >= 0.3 is 11.9 Å². The van der Waals surface area contributed by atoms with Crippen LogP contribution in [0.4, 0.5) is 0 Å². The molecule has 5 nitrogen and oxygen atoms in total. The molecule has 0 radical (unpaired) electrons. The molecule has 0 amide bonds. The van der Waals surface area contributed by atoms with Gasteiger partial charge < -0.3 is 14.6 Å². The van der Waals surface area contributed by atoms with Gasteiger partial charge in [0.05, 0.1) is 12.5 Å². The lowest BCUT2D eigenvalue weighted by molar-refractivity contribution is -0.141. The highest BCUT2D eigenvalue weighted by atomic mass is 16.5. The van der Waals surface area contributed by atoms with Crippen LogP contribution in [0.5, 0.6) is 5.75 Å². The van der Waals surface area contributed by atoms with Crippen LogP contribution in [0.25, 0.3) is 0 Å². The molecule has 31 heavy (non-hydrogen) atoms. The lowest BCUT2D eigenvalue weighted by Crippen LogP contribution is -2.29. The summed E-state index contributed by atoms with van der Waals surface area (Å²) in [7, 11) is 0. The Balaban J connectivity index is 1.51. The van der Waals surface area contributed by atoms with E-state index in [0.29, 0.717) is 22.4 Å². The molecule has 0 unspecified atom stereocenters. The van der Waals surface area contributed by atoms with Crippen LogP contribution in [0, 0.1) is 23.7 Å². The average molecular weight is 429 g/mol. The third kappa shape index (κ3) is 6.42. The molecule has 5 heteroatoms. The SMILES string of the molecule is C=C(C)C(=O)OCc1ccc(OC(=O)C2CCC(C3CCC(C)CC3)CC2)cc1CO. The monoisotopic (exact) mass is 428 g/mol. The van der Waals surface area contributed by atoms with Gasteiger partial charge in [-0.15, -0.1) is 0 Å². The van der Waals surface area contributed by atoms with Gasteiger partial charge in [0.2, 0.25) is 0 Å². The number of aliphatic hydroxyl groups is 1. The van der Waals surface area contributed by atoms with Gasteiger partial charge in [0.15, 0.2) is 0 Å². The molecule has 0 saturated heterocycles. The number of hydrogen-bond donors (Lipinski definition) is 1. The van der Waals surface area contributed by atoms with E-state index in [1.807, 2.05) is 0 Å². The van der Waals surface area contributed by atoms with Gasteiger partial charge in [-0.1, -0.05) is 32.4 Å². The minimum absolute atomic E-state index is 0.0414. The van der Waals surface area contributed by atoms with E-state index in [9.17, 15) is 14.7 Å². The van der Waals surface area contributed by atoms with Gasteiger partial charge in [-0.05, 0) is 86.5 Å². The second-order valence-corrected chi connectivity index (χ2v) is 9.50. The van der Waals surface area contributed by atoms with E-state index in [4.69, 9.17) is 9.47 Å². The van der Waals surface area contributed by atoms with Gasteiger partial charge in [-0.2, -0.15) is 0 Å². The fourth-order valence-corrected chi connectivity index (χ4v) is 5.00. The summed E-state index contributed by atoms with van der Waals surface area (Å²) >= 11 is 0. The Morgan fingerprint density at radius 1 is 1.00 bits per heavy atom. The summed E-state index contributed by atoms with van der Waals surface area (Å²) in [5, 5.41) is 9.67. The van der Waals surface area contributed by atoms with Crippen LogP contribution < -0.4 is 4.74 Å². The second kappa shape index (κ2) is 10.9. The van der Waals surface area contributed by atoms with Crippen molar-refractivity contribution in [3.63, 3.8) is 0 Å². The lowest BCUT2D eigenvalue weighted by Gasteiger charge is -2.36. The van der Waals surface area contributed by atoms with E-state index in [1.165, 1.54) is 25.7 Å². The first kappa shape index (κ1) is 23.5. The summed E-state index contributed by atoms with van der Waals surface area (Å²) in [5.74, 6) is 2.19. The Morgan fingerprint density at radius 2 is 1.61 bits per heavy atom.